The second kappa shape index (κ2) is 7.44. The van der Waals surface area contributed by atoms with E-state index in [0.29, 0.717) is 19.6 Å². The van der Waals surface area contributed by atoms with Gasteiger partial charge in [0.1, 0.15) is 23.2 Å². The number of anilines is 2. The summed E-state index contributed by atoms with van der Waals surface area (Å²) >= 11 is 0. The molecule has 4 rings (SSSR count). The van der Waals surface area contributed by atoms with Crippen LogP contribution >= 0.6 is 0 Å². The van der Waals surface area contributed by atoms with Crippen molar-refractivity contribution < 1.29 is 9.18 Å². The van der Waals surface area contributed by atoms with Gasteiger partial charge in [-0.05, 0) is 31.2 Å². The van der Waals surface area contributed by atoms with Crippen LogP contribution in [0.25, 0.3) is 11.3 Å². The van der Waals surface area contributed by atoms with Gasteiger partial charge in [-0.3, -0.25) is 4.79 Å². The van der Waals surface area contributed by atoms with Crippen molar-refractivity contribution in [1.29, 1.82) is 0 Å². The van der Waals surface area contributed by atoms with Crippen molar-refractivity contribution in [1.82, 2.24) is 14.5 Å². The lowest BCUT2D eigenvalue weighted by Gasteiger charge is -2.28. The standard InChI is InChI=1S/C21H22FN5O/c1-14-2-4-15(5-3-14)20-21(24-17-8-6-16(22)7-9-17)27-11-10-26(19(28)12-23)13-18(27)25-20/h2-9,24H,10-13,23H2,1H3. The molecule has 0 aliphatic carbocycles. The fourth-order valence-electron chi connectivity index (χ4n) is 3.38. The van der Waals surface area contributed by atoms with E-state index in [1.807, 2.05) is 31.2 Å². The molecule has 1 amide bonds. The highest BCUT2D eigenvalue weighted by molar-refractivity contribution is 5.79. The number of nitrogens with one attached hydrogen (secondary N) is 1. The molecule has 3 N–H and O–H groups in total. The van der Waals surface area contributed by atoms with Gasteiger partial charge in [-0.25, -0.2) is 9.37 Å². The highest BCUT2D eigenvalue weighted by atomic mass is 19.1. The smallest absolute Gasteiger partial charge is 0.236 e. The van der Waals surface area contributed by atoms with Crippen LogP contribution < -0.4 is 11.1 Å². The first kappa shape index (κ1) is 18.2. The number of imidazole rings is 1. The van der Waals surface area contributed by atoms with Gasteiger partial charge in [-0.1, -0.05) is 29.8 Å². The maximum Gasteiger partial charge on any atom is 0.236 e. The van der Waals surface area contributed by atoms with Gasteiger partial charge in [0.15, 0.2) is 0 Å². The van der Waals surface area contributed by atoms with Gasteiger partial charge in [0, 0.05) is 24.3 Å². The van der Waals surface area contributed by atoms with Crippen LogP contribution in [-0.2, 0) is 17.9 Å². The van der Waals surface area contributed by atoms with E-state index < -0.39 is 0 Å². The summed E-state index contributed by atoms with van der Waals surface area (Å²) in [4.78, 5) is 18.6. The summed E-state index contributed by atoms with van der Waals surface area (Å²) in [7, 11) is 0. The quantitative estimate of drug-likeness (QED) is 0.731. The van der Waals surface area contributed by atoms with Crippen LogP contribution in [0.1, 0.15) is 11.4 Å². The summed E-state index contributed by atoms with van der Waals surface area (Å²) in [6.07, 6.45) is 0. The first-order valence-electron chi connectivity index (χ1n) is 9.22. The molecule has 0 radical (unpaired) electrons. The topological polar surface area (TPSA) is 76.2 Å². The Kier molecular flexibility index (Phi) is 4.83. The highest BCUT2D eigenvalue weighted by Gasteiger charge is 2.26. The molecule has 1 aliphatic heterocycles. The Morgan fingerprint density at radius 2 is 1.86 bits per heavy atom. The Labute approximate surface area is 162 Å². The zero-order valence-electron chi connectivity index (χ0n) is 15.7. The van der Waals surface area contributed by atoms with E-state index in [-0.39, 0.29) is 18.3 Å². The lowest BCUT2D eigenvalue weighted by Crippen LogP contribution is -2.41. The number of hydrogen-bond donors (Lipinski definition) is 2. The maximum absolute atomic E-state index is 13.3. The third-order valence-corrected chi connectivity index (χ3v) is 4.93. The largest absolute Gasteiger partial charge is 0.340 e. The number of carbonyl (C=O) groups excluding carboxylic acids is 1. The summed E-state index contributed by atoms with van der Waals surface area (Å²) in [5.74, 6) is 1.27. The molecule has 1 aromatic heterocycles. The molecule has 0 saturated heterocycles. The SMILES string of the molecule is Cc1ccc(-c2nc3n(c2Nc2ccc(F)cc2)CCN(C(=O)CN)C3)cc1. The first-order chi connectivity index (χ1) is 13.5. The number of carbonyl (C=O) groups is 1. The predicted molar refractivity (Wildman–Crippen MR) is 107 cm³/mol. The van der Waals surface area contributed by atoms with Crippen LogP contribution in [0, 0.1) is 12.7 Å². The highest BCUT2D eigenvalue weighted by Crippen LogP contribution is 2.33. The second-order valence-corrected chi connectivity index (χ2v) is 6.89. The molecule has 0 spiro atoms. The zero-order chi connectivity index (χ0) is 19.7. The van der Waals surface area contributed by atoms with Crippen LogP contribution in [0.2, 0.25) is 0 Å². The van der Waals surface area contributed by atoms with Gasteiger partial charge in [0.25, 0.3) is 0 Å². The van der Waals surface area contributed by atoms with Crippen molar-refractivity contribution in [2.45, 2.75) is 20.0 Å². The van der Waals surface area contributed by atoms with Gasteiger partial charge < -0.3 is 20.5 Å². The van der Waals surface area contributed by atoms with E-state index >= 15 is 0 Å². The Morgan fingerprint density at radius 1 is 1.14 bits per heavy atom. The van der Waals surface area contributed by atoms with E-state index in [1.165, 1.54) is 17.7 Å². The molecule has 7 heteroatoms. The Bertz CT molecular complexity index is 995. The average molecular weight is 379 g/mol. The van der Waals surface area contributed by atoms with Crippen molar-refractivity contribution in [3.8, 4) is 11.3 Å². The fourth-order valence-corrected chi connectivity index (χ4v) is 3.38. The summed E-state index contributed by atoms with van der Waals surface area (Å²) in [6, 6.07) is 14.4. The lowest BCUT2D eigenvalue weighted by molar-refractivity contribution is -0.131. The third kappa shape index (κ3) is 3.48. The van der Waals surface area contributed by atoms with E-state index in [4.69, 9.17) is 10.7 Å². The molecule has 3 aromatic rings. The zero-order valence-corrected chi connectivity index (χ0v) is 15.7. The normalized spacial score (nSPS) is 13.3. The fraction of sp³-hybridized carbons (Fsp3) is 0.238. The van der Waals surface area contributed by atoms with Crippen LogP contribution in [-0.4, -0.2) is 33.4 Å². The molecule has 1 aliphatic rings. The minimum atomic E-state index is -0.282. The first-order valence-corrected chi connectivity index (χ1v) is 9.22. The van der Waals surface area contributed by atoms with Crippen molar-refractivity contribution in [3.05, 3.63) is 65.7 Å². The number of fused-ring (bicyclic) bond motifs is 1. The molecule has 0 saturated carbocycles. The number of aromatic nitrogens is 2. The Balaban J connectivity index is 1.76. The molecule has 0 fully saturated rings. The number of amides is 1. The van der Waals surface area contributed by atoms with Gasteiger partial charge >= 0.3 is 0 Å². The molecular weight excluding hydrogens is 357 g/mol. The molecule has 144 valence electrons. The number of aryl methyl sites for hydroxylation is 1. The monoisotopic (exact) mass is 379 g/mol. The molecule has 28 heavy (non-hydrogen) atoms. The van der Waals surface area contributed by atoms with Crippen LogP contribution in [0.15, 0.2) is 48.5 Å². The third-order valence-electron chi connectivity index (χ3n) is 4.93. The van der Waals surface area contributed by atoms with Crippen molar-refractivity contribution >= 4 is 17.4 Å². The van der Waals surface area contributed by atoms with Crippen molar-refractivity contribution in [3.63, 3.8) is 0 Å². The minimum absolute atomic E-state index is 0.00772. The van der Waals surface area contributed by atoms with Crippen LogP contribution in [0.3, 0.4) is 0 Å². The van der Waals surface area contributed by atoms with Gasteiger partial charge in [-0.2, -0.15) is 0 Å². The summed E-state index contributed by atoms with van der Waals surface area (Å²) in [5, 5.41) is 3.38. The number of halogens is 1. The average Bonchev–Trinajstić information content (AvgIpc) is 3.07. The molecule has 2 aromatic carbocycles. The predicted octanol–water partition coefficient (Wildman–Crippen LogP) is 3.04. The van der Waals surface area contributed by atoms with Gasteiger partial charge in [-0.15, -0.1) is 0 Å². The molecule has 6 nitrogen and oxygen atoms in total. The van der Waals surface area contributed by atoms with Gasteiger partial charge in [0.05, 0.1) is 13.1 Å². The van der Waals surface area contributed by atoms with Crippen LogP contribution in [0.5, 0.6) is 0 Å². The summed E-state index contributed by atoms with van der Waals surface area (Å²) in [6.45, 7) is 3.64. The number of benzene rings is 2. The lowest BCUT2D eigenvalue weighted by atomic mass is 10.1. The molecule has 2 heterocycles. The summed E-state index contributed by atoms with van der Waals surface area (Å²) in [5.41, 5.74) is 9.25. The molecular formula is C21H22FN5O. The maximum atomic E-state index is 13.3. The van der Waals surface area contributed by atoms with Gasteiger partial charge in [0.2, 0.25) is 5.91 Å². The van der Waals surface area contributed by atoms with E-state index in [0.717, 1.165) is 28.6 Å². The van der Waals surface area contributed by atoms with Crippen molar-refractivity contribution in [2.24, 2.45) is 5.73 Å². The van der Waals surface area contributed by atoms with E-state index in [9.17, 15) is 9.18 Å². The Morgan fingerprint density at radius 3 is 2.54 bits per heavy atom. The van der Waals surface area contributed by atoms with Crippen molar-refractivity contribution in [2.75, 3.05) is 18.4 Å². The molecule has 0 unspecified atom stereocenters. The van der Waals surface area contributed by atoms with Crippen LogP contribution in [0.4, 0.5) is 15.9 Å². The Hall–Kier alpha value is -3.19. The number of rotatable bonds is 4. The number of nitrogens with zero attached hydrogens (tertiary/aromatic N) is 3. The van der Waals surface area contributed by atoms with E-state index in [1.54, 1.807) is 17.0 Å². The summed E-state index contributed by atoms with van der Waals surface area (Å²) < 4.78 is 15.4. The molecule has 0 bridgehead atoms. The molecule has 0 atom stereocenters. The second-order valence-electron chi connectivity index (χ2n) is 6.89. The number of nitrogens with two attached hydrogens (primary N) is 1. The van der Waals surface area contributed by atoms with E-state index in [2.05, 4.69) is 9.88 Å². The minimum Gasteiger partial charge on any atom is -0.340 e. The number of hydrogen-bond acceptors (Lipinski definition) is 4.